The summed E-state index contributed by atoms with van der Waals surface area (Å²) in [6.45, 7) is 1.24. The summed E-state index contributed by atoms with van der Waals surface area (Å²) in [5.74, 6) is 0. The first-order chi connectivity index (χ1) is 5.77. The molecule has 1 aromatic heterocycles. The van der Waals surface area contributed by atoms with Gasteiger partial charge in [-0.3, -0.25) is 0 Å². The van der Waals surface area contributed by atoms with Crippen molar-refractivity contribution in [2.75, 3.05) is 13.2 Å². The molecule has 0 amide bonds. The molecule has 2 rings (SSSR count). The second-order valence-corrected chi connectivity index (χ2v) is 4.64. The fourth-order valence-electron chi connectivity index (χ4n) is 1.05. The van der Waals surface area contributed by atoms with Gasteiger partial charge in [-0.25, -0.2) is 0 Å². The topological polar surface area (TPSA) is 18.5 Å². The van der Waals surface area contributed by atoms with Crippen LogP contribution in [0.15, 0.2) is 6.07 Å². The van der Waals surface area contributed by atoms with Crippen molar-refractivity contribution in [1.82, 2.24) is 0 Å². The molecule has 1 aliphatic heterocycles. The van der Waals surface area contributed by atoms with Crippen LogP contribution in [0.5, 0.6) is 0 Å². The Labute approximate surface area is 84.0 Å². The zero-order chi connectivity index (χ0) is 8.55. The lowest BCUT2D eigenvalue weighted by molar-refractivity contribution is -0.0437. The number of halogens is 2. The summed E-state index contributed by atoms with van der Waals surface area (Å²) in [6.07, 6.45) is -0.318. The van der Waals surface area contributed by atoms with Gasteiger partial charge in [0.05, 0.1) is 17.6 Å². The van der Waals surface area contributed by atoms with E-state index in [4.69, 9.17) is 32.7 Å². The molecule has 0 aromatic carbocycles. The van der Waals surface area contributed by atoms with Crippen LogP contribution in [0.4, 0.5) is 0 Å². The van der Waals surface area contributed by atoms with E-state index >= 15 is 0 Å². The molecule has 2 heterocycles. The van der Waals surface area contributed by atoms with Crippen molar-refractivity contribution < 1.29 is 9.47 Å². The standard InChI is InChI=1S/C7H6Cl2O2S/c8-5-3-4(6(9)12-5)7-10-1-2-11-7/h3,7H,1-2H2. The van der Waals surface area contributed by atoms with E-state index in [0.29, 0.717) is 21.9 Å². The molecule has 0 saturated carbocycles. The molecule has 1 fully saturated rings. The van der Waals surface area contributed by atoms with Crippen LogP contribution in [0.1, 0.15) is 11.9 Å². The lowest BCUT2D eigenvalue weighted by Gasteiger charge is -2.05. The highest BCUT2D eigenvalue weighted by Gasteiger charge is 2.22. The summed E-state index contributed by atoms with van der Waals surface area (Å²) in [4.78, 5) is 0. The van der Waals surface area contributed by atoms with Crippen molar-refractivity contribution in [3.05, 3.63) is 20.3 Å². The molecule has 0 N–H and O–H groups in total. The molecule has 2 nitrogen and oxygen atoms in total. The summed E-state index contributed by atoms with van der Waals surface area (Å²) in [7, 11) is 0. The van der Waals surface area contributed by atoms with Gasteiger partial charge in [-0.05, 0) is 6.07 Å². The van der Waals surface area contributed by atoms with Crippen molar-refractivity contribution >= 4 is 34.5 Å². The third-order valence-corrected chi connectivity index (χ3v) is 3.08. The minimum absolute atomic E-state index is 0.318. The Kier molecular flexibility index (Phi) is 2.57. The largest absolute Gasteiger partial charge is 0.346 e. The van der Waals surface area contributed by atoms with Crippen LogP contribution in [-0.2, 0) is 9.47 Å². The molecule has 0 bridgehead atoms. The summed E-state index contributed by atoms with van der Waals surface area (Å²) in [5.41, 5.74) is 0.837. The second-order valence-electron chi connectivity index (χ2n) is 2.35. The van der Waals surface area contributed by atoms with Crippen molar-refractivity contribution in [1.29, 1.82) is 0 Å². The highest BCUT2D eigenvalue weighted by Crippen LogP contribution is 2.37. The third-order valence-electron chi connectivity index (χ3n) is 1.56. The predicted octanol–water partition coefficient (Wildman–Crippen LogP) is 3.10. The van der Waals surface area contributed by atoms with E-state index in [1.54, 1.807) is 6.07 Å². The molecular formula is C7H6Cl2O2S. The fraction of sp³-hybridized carbons (Fsp3) is 0.429. The van der Waals surface area contributed by atoms with Crippen LogP contribution in [0, 0.1) is 0 Å². The van der Waals surface area contributed by atoms with Gasteiger partial charge in [0, 0.05) is 5.56 Å². The van der Waals surface area contributed by atoms with Crippen molar-refractivity contribution in [2.45, 2.75) is 6.29 Å². The number of thiophene rings is 1. The van der Waals surface area contributed by atoms with Gasteiger partial charge < -0.3 is 9.47 Å². The first-order valence-electron chi connectivity index (χ1n) is 3.45. The van der Waals surface area contributed by atoms with E-state index in [1.165, 1.54) is 11.3 Å². The Balaban J connectivity index is 2.25. The molecule has 0 unspecified atom stereocenters. The first kappa shape index (κ1) is 8.78. The van der Waals surface area contributed by atoms with Gasteiger partial charge in [-0.1, -0.05) is 23.2 Å². The lowest BCUT2D eigenvalue weighted by Crippen LogP contribution is -1.95. The molecule has 5 heteroatoms. The highest BCUT2D eigenvalue weighted by atomic mass is 35.5. The summed E-state index contributed by atoms with van der Waals surface area (Å²) in [5, 5.41) is 0. The number of ether oxygens (including phenoxy) is 2. The van der Waals surface area contributed by atoms with Crippen molar-refractivity contribution in [3.8, 4) is 0 Å². The average molecular weight is 225 g/mol. The first-order valence-corrected chi connectivity index (χ1v) is 5.02. The number of rotatable bonds is 1. The van der Waals surface area contributed by atoms with Crippen molar-refractivity contribution in [3.63, 3.8) is 0 Å². The average Bonchev–Trinajstić information content (AvgIpc) is 2.58. The van der Waals surface area contributed by atoms with Crippen LogP contribution >= 0.6 is 34.5 Å². The summed E-state index contributed by atoms with van der Waals surface area (Å²) in [6, 6.07) is 1.78. The number of hydrogen-bond acceptors (Lipinski definition) is 3. The molecule has 0 atom stereocenters. The Morgan fingerprint density at radius 3 is 2.50 bits per heavy atom. The lowest BCUT2D eigenvalue weighted by atomic mass is 10.3. The van der Waals surface area contributed by atoms with Gasteiger partial charge in [-0.15, -0.1) is 11.3 Å². The van der Waals surface area contributed by atoms with E-state index < -0.39 is 0 Å². The third kappa shape index (κ3) is 1.60. The normalized spacial score (nSPS) is 18.8. The van der Waals surface area contributed by atoms with Crippen LogP contribution in [0.2, 0.25) is 8.67 Å². The Morgan fingerprint density at radius 1 is 1.33 bits per heavy atom. The summed E-state index contributed by atoms with van der Waals surface area (Å²) < 4.78 is 11.9. The maximum Gasteiger partial charge on any atom is 0.186 e. The zero-order valence-corrected chi connectivity index (χ0v) is 8.38. The van der Waals surface area contributed by atoms with E-state index in [1.807, 2.05) is 0 Å². The molecule has 12 heavy (non-hydrogen) atoms. The van der Waals surface area contributed by atoms with Crippen LogP contribution in [0.25, 0.3) is 0 Å². The van der Waals surface area contributed by atoms with Crippen LogP contribution in [-0.4, -0.2) is 13.2 Å². The van der Waals surface area contributed by atoms with Crippen LogP contribution < -0.4 is 0 Å². The second kappa shape index (κ2) is 3.52. The van der Waals surface area contributed by atoms with E-state index in [2.05, 4.69) is 0 Å². The van der Waals surface area contributed by atoms with Gasteiger partial charge in [-0.2, -0.15) is 0 Å². The molecule has 1 saturated heterocycles. The van der Waals surface area contributed by atoms with E-state index in [0.717, 1.165) is 5.56 Å². The highest BCUT2D eigenvalue weighted by molar-refractivity contribution is 7.20. The molecule has 1 aliphatic rings. The predicted molar refractivity (Wildman–Crippen MR) is 49.0 cm³/mol. The molecule has 0 spiro atoms. The van der Waals surface area contributed by atoms with E-state index in [-0.39, 0.29) is 6.29 Å². The van der Waals surface area contributed by atoms with Gasteiger partial charge in [0.2, 0.25) is 0 Å². The maximum atomic E-state index is 5.90. The fourth-order valence-corrected chi connectivity index (χ4v) is 2.54. The molecular weight excluding hydrogens is 219 g/mol. The Hall–Kier alpha value is 0.200. The SMILES string of the molecule is Clc1cc(C2OCCO2)c(Cl)s1. The smallest absolute Gasteiger partial charge is 0.186 e. The van der Waals surface area contributed by atoms with Crippen molar-refractivity contribution in [2.24, 2.45) is 0 Å². The van der Waals surface area contributed by atoms with Gasteiger partial charge in [0.25, 0.3) is 0 Å². The number of hydrogen-bond donors (Lipinski definition) is 0. The molecule has 0 aliphatic carbocycles. The van der Waals surface area contributed by atoms with Gasteiger partial charge >= 0.3 is 0 Å². The molecule has 1 aromatic rings. The van der Waals surface area contributed by atoms with E-state index in [9.17, 15) is 0 Å². The molecule has 66 valence electrons. The van der Waals surface area contributed by atoms with Crippen LogP contribution in [0.3, 0.4) is 0 Å². The monoisotopic (exact) mass is 224 g/mol. The minimum atomic E-state index is -0.318. The Bertz CT molecular complexity index is 281. The van der Waals surface area contributed by atoms with Gasteiger partial charge in [0.1, 0.15) is 4.34 Å². The quantitative estimate of drug-likeness (QED) is 0.731. The van der Waals surface area contributed by atoms with Gasteiger partial charge in [0.15, 0.2) is 6.29 Å². The molecule has 0 radical (unpaired) electrons. The Morgan fingerprint density at radius 2 is 2.00 bits per heavy atom. The zero-order valence-electron chi connectivity index (χ0n) is 6.05. The summed E-state index contributed by atoms with van der Waals surface area (Å²) >= 11 is 13.0. The minimum Gasteiger partial charge on any atom is -0.346 e. The maximum absolute atomic E-state index is 5.90.